The maximum absolute atomic E-state index is 12.5. The Hall–Kier alpha value is -2.91. The van der Waals surface area contributed by atoms with Gasteiger partial charge in [0.2, 0.25) is 5.95 Å². The molecule has 0 radical (unpaired) electrons. The third-order valence-corrected chi connectivity index (χ3v) is 7.96. The van der Waals surface area contributed by atoms with Crippen molar-refractivity contribution < 1.29 is 9.67 Å². The Morgan fingerprint density at radius 2 is 2.09 bits per heavy atom. The summed E-state index contributed by atoms with van der Waals surface area (Å²) in [6, 6.07) is 11.4. The number of rotatable bonds is 5. The molecule has 3 aromatic rings. The smallest absolute Gasteiger partial charge is 0.227 e. The Balaban J connectivity index is 1.72. The zero-order chi connectivity index (χ0) is 24.0. The van der Waals surface area contributed by atoms with Crippen molar-refractivity contribution in [1.29, 1.82) is 5.26 Å². The van der Waals surface area contributed by atoms with E-state index in [0.717, 1.165) is 28.1 Å². The topological polar surface area (TPSA) is 111 Å². The zero-order valence-corrected chi connectivity index (χ0v) is 20.6. The summed E-state index contributed by atoms with van der Waals surface area (Å²) >= 11 is 6.40. The molecule has 0 fully saturated rings. The lowest BCUT2D eigenvalue weighted by atomic mass is 9.83. The van der Waals surface area contributed by atoms with Gasteiger partial charge in [-0.05, 0) is 61.7 Å². The third-order valence-electron chi connectivity index (χ3n) is 5.99. The molecule has 33 heavy (non-hydrogen) atoms. The molecule has 0 amide bonds. The SMILES string of the molecule is Cc1cc(P(C)(C)=O)c(Cl)cc1Nc1nccc(-c2cc(C#N)c3c(c2)[C@@](C)(CO)CN3)n1. The molecule has 1 aromatic heterocycles. The number of nitriles is 1. The Kier molecular flexibility index (Phi) is 5.96. The number of aliphatic hydroxyl groups excluding tert-OH is 1. The summed E-state index contributed by atoms with van der Waals surface area (Å²) in [4.78, 5) is 8.97. The molecule has 0 aliphatic carbocycles. The average molecular weight is 482 g/mol. The molecule has 1 aliphatic heterocycles. The number of anilines is 3. The van der Waals surface area contributed by atoms with Crippen molar-refractivity contribution in [3.8, 4) is 17.3 Å². The van der Waals surface area contributed by atoms with Crippen LogP contribution < -0.4 is 15.9 Å². The summed E-state index contributed by atoms with van der Waals surface area (Å²) in [6.07, 6.45) is 1.64. The second-order valence-electron chi connectivity index (χ2n) is 8.99. The highest BCUT2D eigenvalue weighted by molar-refractivity contribution is 7.70. The van der Waals surface area contributed by atoms with Crippen LogP contribution in [0.25, 0.3) is 11.3 Å². The largest absolute Gasteiger partial charge is 0.395 e. The Morgan fingerprint density at radius 1 is 1.33 bits per heavy atom. The van der Waals surface area contributed by atoms with Crippen molar-refractivity contribution in [1.82, 2.24) is 9.97 Å². The highest BCUT2D eigenvalue weighted by Crippen LogP contribution is 2.41. The van der Waals surface area contributed by atoms with Gasteiger partial charge < -0.3 is 20.3 Å². The fourth-order valence-corrected chi connectivity index (χ4v) is 5.84. The number of benzene rings is 2. The molecule has 1 atom stereocenters. The zero-order valence-electron chi connectivity index (χ0n) is 18.9. The lowest BCUT2D eigenvalue weighted by molar-refractivity contribution is 0.219. The van der Waals surface area contributed by atoms with Gasteiger partial charge >= 0.3 is 0 Å². The van der Waals surface area contributed by atoms with Gasteiger partial charge in [-0.2, -0.15) is 5.26 Å². The van der Waals surface area contributed by atoms with Gasteiger partial charge in [-0.25, -0.2) is 9.97 Å². The minimum absolute atomic E-state index is 0.0314. The normalized spacial score (nSPS) is 17.2. The number of fused-ring (bicyclic) bond motifs is 1. The number of nitrogens with one attached hydrogen (secondary N) is 2. The first-order valence-electron chi connectivity index (χ1n) is 10.5. The molecule has 7 nitrogen and oxygen atoms in total. The Labute approximate surface area is 198 Å². The first-order valence-corrected chi connectivity index (χ1v) is 13.4. The summed E-state index contributed by atoms with van der Waals surface area (Å²) in [7, 11) is -2.50. The molecule has 1 aliphatic rings. The van der Waals surface area contributed by atoms with Gasteiger partial charge in [0, 0.05) is 34.7 Å². The summed E-state index contributed by atoms with van der Waals surface area (Å²) < 4.78 is 12.5. The van der Waals surface area contributed by atoms with E-state index in [1.54, 1.807) is 37.7 Å². The summed E-state index contributed by atoms with van der Waals surface area (Å²) in [5.74, 6) is 0.373. The van der Waals surface area contributed by atoms with Gasteiger partial charge in [-0.1, -0.05) is 18.5 Å². The summed E-state index contributed by atoms with van der Waals surface area (Å²) in [6.45, 7) is 7.78. The second kappa shape index (κ2) is 8.46. The molecule has 9 heteroatoms. The molecule has 2 heterocycles. The van der Waals surface area contributed by atoms with Crippen LogP contribution in [0.4, 0.5) is 17.3 Å². The molecular weight excluding hydrogens is 457 g/mol. The van der Waals surface area contributed by atoms with Crippen molar-refractivity contribution in [3.63, 3.8) is 0 Å². The van der Waals surface area contributed by atoms with E-state index in [9.17, 15) is 14.9 Å². The van der Waals surface area contributed by atoms with Gasteiger partial charge in [0.05, 0.1) is 28.6 Å². The van der Waals surface area contributed by atoms with Crippen molar-refractivity contribution in [2.75, 3.05) is 37.1 Å². The van der Waals surface area contributed by atoms with E-state index >= 15 is 0 Å². The second-order valence-corrected chi connectivity index (χ2v) is 12.6. The highest BCUT2D eigenvalue weighted by Gasteiger charge is 2.36. The molecule has 0 bridgehead atoms. The molecule has 0 saturated carbocycles. The first-order chi connectivity index (χ1) is 15.6. The van der Waals surface area contributed by atoms with E-state index in [1.165, 1.54) is 0 Å². The number of aryl methyl sites for hydroxylation is 1. The summed E-state index contributed by atoms with van der Waals surface area (Å²) in [5, 5.41) is 27.1. The van der Waals surface area contributed by atoms with Gasteiger partial charge in [0.25, 0.3) is 0 Å². The maximum Gasteiger partial charge on any atom is 0.227 e. The molecule has 0 saturated heterocycles. The average Bonchev–Trinajstić information content (AvgIpc) is 3.12. The van der Waals surface area contributed by atoms with Crippen LogP contribution in [0.15, 0.2) is 36.5 Å². The van der Waals surface area contributed by atoms with E-state index in [-0.39, 0.29) is 6.61 Å². The quantitative estimate of drug-likeness (QED) is 0.455. The number of hydrogen-bond donors (Lipinski definition) is 3. The van der Waals surface area contributed by atoms with Crippen molar-refractivity contribution in [3.05, 3.63) is 58.2 Å². The molecule has 2 aromatic carbocycles. The van der Waals surface area contributed by atoms with Gasteiger partial charge in [0.15, 0.2) is 0 Å². The fourth-order valence-electron chi connectivity index (χ4n) is 3.98. The highest BCUT2D eigenvalue weighted by atomic mass is 35.5. The lowest BCUT2D eigenvalue weighted by Crippen LogP contribution is -2.28. The van der Waals surface area contributed by atoms with Crippen LogP contribution in [0.2, 0.25) is 5.02 Å². The summed E-state index contributed by atoms with van der Waals surface area (Å²) in [5.41, 5.74) is 4.70. The standard InChI is InChI=1S/C24H25ClN5O2P/c1-14-7-21(33(3,4)32)18(25)10-20(14)30-23-27-6-5-19(29-23)15-8-16(11-26)22-17(9-15)24(2,13-31)12-28-22/h5-10,28,31H,12-13H2,1-4H3,(H,27,29,30)/t24-/m1/s1. The molecule has 4 rings (SSSR count). The van der Waals surface area contributed by atoms with Crippen molar-refractivity contribution in [2.45, 2.75) is 19.3 Å². The molecular formula is C24H25ClN5O2P. The minimum atomic E-state index is -2.50. The fraction of sp³-hybridized carbons (Fsp3) is 0.292. The van der Waals surface area contributed by atoms with E-state index in [0.29, 0.717) is 34.1 Å². The molecule has 3 N–H and O–H groups in total. The van der Waals surface area contributed by atoms with Gasteiger partial charge in [0.1, 0.15) is 13.2 Å². The third kappa shape index (κ3) is 4.35. The minimum Gasteiger partial charge on any atom is -0.395 e. The molecule has 0 spiro atoms. The van der Waals surface area contributed by atoms with E-state index in [4.69, 9.17) is 11.6 Å². The molecule has 170 valence electrons. The molecule has 0 unspecified atom stereocenters. The Bertz CT molecular complexity index is 1350. The van der Waals surface area contributed by atoms with Gasteiger partial charge in [-0.3, -0.25) is 0 Å². The van der Waals surface area contributed by atoms with Gasteiger partial charge in [-0.15, -0.1) is 0 Å². The van der Waals surface area contributed by atoms with Crippen LogP contribution in [0, 0.1) is 18.3 Å². The number of halogens is 1. The lowest BCUT2D eigenvalue weighted by Gasteiger charge is -2.21. The van der Waals surface area contributed by atoms with Crippen molar-refractivity contribution in [2.24, 2.45) is 0 Å². The first kappa shape index (κ1) is 23.3. The van der Waals surface area contributed by atoms with E-state index in [1.807, 2.05) is 26.0 Å². The number of hydrogen-bond acceptors (Lipinski definition) is 7. The van der Waals surface area contributed by atoms with Crippen molar-refractivity contribution >= 4 is 41.4 Å². The number of aromatic nitrogens is 2. The van der Waals surface area contributed by atoms with Crippen LogP contribution in [-0.2, 0) is 9.98 Å². The monoisotopic (exact) mass is 481 g/mol. The Morgan fingerprint density at radius 3 is 2.76 bits per heavy atom. The van der Waals surface area contributed by atoms with Crippen LogP contribution in [0.5, 0.6) is 0 Å². The predicted molar refractivity (Wildman–Crippen MR) is 134 cm³/mol. The maximum atomic E-state index is 12.5. The van der Waals surface area contributed by atoms with E-state index in [2.05, 4.69) is 26.7 Å². The van der Waals surface area contributed by atoms with E-state index < -0.39 is 12.6 Å². The van der Waals surface area contributed by atoms with Crippen LogP contribution in [-0.4, -0.2) is 41.6 Å². The van der Waals surface area contributed by atoms with Crippen LogP contribution >= 0.6 is 18.7 Å². The van der Waals surface area contributed by atoms with Crippen LogP contribution in [0.3, 0.4) is 0 Å². The van der Waals surface area contributed by atoms with Crippen LogP contribution in [0.1, 0.15) is 23.6 Å². The predicted octanol–water partition coefficient (Wildman–Crippen LogP) is 4.64. The number of aliphatic hydroxyl groups is 1. The number of nitrogens with zero attached hydrogens (tertiary/aromatic N) is 3.